The summed E-state index contributed by atoms with van der Waals surface area (Å²) in [6.45, 7) is 6.66. The van der Waals surface area contributed by atoms with E-state index >= 15 is 0 Å². The number of benzene rings is 2. The molecule has 0 saturated carbocycles. The van der Waals surface area contributed by atoms with E-state index in [1.807, 2.05) is 24.3 Å². The van der Waals surface area contributed by atoms with Gasteiger partial charge in [0.1, 0.15) is 0 Å². The summed E-state index contributed by atoms with van der Waals surface area (Å²) in [6, 6.07) is 12.9. The Morgan fingerprint density at radius 2 is 1.84 bits per heavy atom. The molecular weight excluding hydrogens is 504 g/mol. The first-order valence-electron chi connectivity index (χ1n) is 11.9. The molecule has 1 aliphatic rings. The molecule has 2 heterocycles. The maximum absolute atomic E-state index is 12.6. The lowest BCUT2D eigenvalue weighted by atomic mass is 10.0. The zero-order valence-corrected chi connectivity index (χ0v) is 22.1. The Labute approximate surface area is 222 Å². The Morgan fingerprint density at radius 1 is 1.13 bits per heavy atom. The van der Waals surface area contributed by atoms with E-state index in [0.29, 0.717) is 30.3 Å². The van der Waals surface area contributed by atoms with Gasteiger partial charge in [-0.25, -0.2) is 18.2 Å². The number of aromatic nitrogens is 2. The standard InChI is InChI=1S/C27H30N6O4S/c1-4-19(12-13-28-2)24-25(32-26(31-24)33-14-16-37-17-15-33)20-6-5-7-22(18-20)30-27(34)29-21-8-10-23(11-9-21)38(3,35)36/h4-13,18H,1,14-17H2,2-3H3,(H,31,32)(H2,29,30,34)/b19-12+,28-13?. The quantitative estimate of drug-likeness (QED) is 0.293. The van der Waals surface area contributed by atoms with Crippen LogP contribution in [-0.4, -0.2) is 70.2 Å². The van der Waals surface area contributed by atoms with Crippen LogP contribution in [0.15, 0.2) is 77.1 Å². The Hall–Kier alpha value is -4.22. The minimum absolute atomic E-state index is 0.181. The maximum atomic E-state index is 12.6. The summed E-state index contributed by atoms with van der Waals surface area (Å²) < 4.78 is 28.8. The second kappa shape index (κ2) is 11.9. The number of anilines is 3. The van der Waals surface area contributed by atoms with Gasteiger partial charge in [0.15, 0.2) is 9.84 Å². The van der Waals surface area contributed by atoms with E-state index in [1.165, 1.54) is 24.3 Å². The van der Waals surface area contributed by atoms with Crippen molar-refractivity contribution < 1.29 is 17.9 Å². The van der Waals surface area contributed by atoms with Gasteiger partial charge in [0.2, 0.25) is 5.95 Å². The van der Waals surface area contributed by atoms with Crippen molar-refractivity contribution in [1.29, 1.82) is 0 Å². The van der Waals surface area contributed by atoms with Crippen molar-refractivity contribution in [3.63, 3.8) is 0 Å². The maximum Gasteiger partial charge on any atom is 0.323 e. The van der Waals surface area contributed by atoms with Crippen molar-refractivity contribution in [2.45, 2.75) is 4.90 Å². The van der Waals surface area contributed by atoms with Gasteiger partial charge >= 0.3 is 6.03 Å². The molecule has 1 fully saturated rings. The fourth-order valence-corrected chi connectivity index (χ4v) is 4.57. The van der Waals surface area contributed by atoms with E-state index < -0.39 is 15.9 Å². The molecule has 3 aromatic rings. The van der Waals surface area contributed by atoms with Crippen LogP contribution in [0.1, 0.15) is 5.69 Å². The Kier molecular flexibility index (Phi) is 8.39. The van der Waals surface area contributed by atoms with Crippen LogP contribution in [0.5, 0.6) is 0 Å². The molecular formula is C27H30N6O4S. The van der Waals surface area contributed by atoms with Gasteiger partial charge in [-0.3, -0.25) is 4.99 Å². The molecule has 2 amide bonds. The van der Waals surface area contributed by atoms with Crippen LogP contribution in [0.4, 0.5) is 22.1 Å². The molecule has 11 heteroatoms. The molecule has 10 nitrogen and oxygen atoms in total. The fourth-order valence-electron chi connectivity index (χ4n) is 3.93. The van der Waals surface area contributed by atoms with Crippen LogP contribution in [0.25, 0.3) is 16.8 Å². The van der Waals surface area contributed by atoms with Crippen LogP contribution in [0.2, 0.25) is 0 Å². The molecule has 0 bridgehead atoms. The average molecular weight is 535 g/mol. The van der Waals surface area contributed by atoms with Gasteiger partial charge in [0.05, 0.1) is 29.5 Å². The Morgan fingerprint density at radius 3 is 2.50 bits per heavy atom. The number of H-pyrrole nitrogens is 1. The first-order chi connectivity index (χ1) is 18.3. The SMILES string of the molecule is C=C/C(=C\C=NC)c1[nH]c(N2CCOCC2)nc1-c1cccc(NC(=O)Nc2ccc(S(C)(=O)=O)cc2)c1. The molecule has 1 saturated heterocycles. The monoisotopic (exact) mass is 534 g/mol. The topological polar surface area (TPSA) is 129 Å². The number of morpholine rings is 1. The van der Waals surface area contributed by atoms with Gasteiger partial charge in [0, 0.05) is 55.1 Å². The number of nitrogens with one attached hydrogen (secondary N) is 3. The number of imidazole rings is 1. The van der Waals surface area contributed by atoms with Crippen LogP contribution >= 0.6 is 0 Å². The van der Waals surface area contributed by atoms with Crippen LogP contribution in [0.3, 0.4) is 0 Å². The highest BCUT2D eigenvalue weighted by Gasteiger charge is 2.20. The van der Waals surface area contributed by atoms with E-state index in [4.69, 9.17) is 9.72 Å². The zero-order chi connectivity index (χ0) is 27.1. The van der Waals surface area contributed by atoms with Gasteiger partial charge in [0.25, 0.3) is 0 Å². The summed E-state index contributed by atoms with van der Waals surface area (Å²) in [5.74, 6) is 0.730. The van der Waals surface area contributed by atoms with Crippen molar-refractivity contribution in [2.75, 3.05) is 55.1 Å². The van der Waals surface area contributed by atoms with Crippen LogP contribution in [-0.2, 0) is 14.6 Å². The smallest absolute Gasteiger partial charge is 0.323 e. The third-order valence-electron chi connectivity index (χ3n) is 5.85. The number of urea groups is 1. The van der Waals surface area contributed by atoms with Crippen molar-refractivity contribution in [1.82, 2.24) is 9.97 Å². The van der Waals surface area contributed by atoms with Gasteiger partial charge in [-0.05, 0) is 42.5 Å². The Balaban J connectivity index is 1.59. The van der Waals surface area contributed by atoms with Gasteiger partial charge in [-0.15, -0.1) is 0 Å². The lowest BCUT2D eigenvalue weighted by molar-refractivity contribution is 0.122. The molecule has 38 heavy (non-hydrogen) atoms. The van der Waals surface area contributed by atoms with E-state index in [9.17, 15) is 13.2 Å². The fraction of sp³-hybridized carbons (Fsp3) is 0.222. The third kappa shape index (κ3) is 6.55. The average Bonchev–Trinajstić information content (AvgIpc) is 3.35. The summed E-state index contributed by atoms with van der Waals surface area (Å²) in [7, 11) is -1.61. The number of carbonyl (C=O) groups is 1. The number of carbonyl (C=O) groups excluding carboxylic acids is 1. The molecule has 2 aromatic carbocycles. The van der Waals surface area contributed by atoms with E-state index in [0.717, 1.165) is 42.1 Å². The molecule has 0 unspecified atom stereocenters. The summed E-state index contributed by atoms with van der Waals surface area (Å²) in [6.07, 6.45) is 6.43. The van der Waals surface area contributed by atoms with Gasteiger partial charge in [-0.1, -0.05) is 24.8 Å². The van der Waals surface area contributed by atoms with Crippen molar-refractivity contribution in [3.8, 4) is 11.3 Å². The molecule has 0 spiro atoms. The van der Waals surface area contributed by atoms with Crippen molar-refractivity contribution in [2.24, 2.45) is 4.99 Å². The Bertz CT molecular complexity index is 1470. The molecule has 0 radical (unpaired) electrons. The zero-order valence-electron chi connectivity index (χ0n) is 21.3. The van der Waals surface area contributed by atoms with E-state index in [-0.39, 0.29) is 4.90 Å². The molecule has 3 N–H and O–H groups in total. The molecule has 4 rings (SSSR count). The lowest BCUT2D eigenvalue weighted by Gasteiger charge is -2.26. The summed E-state index contributed by atoms with van der Waals surface area (Å²) in [5, 5.41) is 5.54. The summed E-state index contributed by atoms with van der Waals surface area (Å²) in [5.41, 5.74) is 4.15. The number of allylic oxidation sites excluding steroid dienone is 3. The molecule has 1 aliphatic heterocycles. The normalized spacial score (nSPS) is 14.5. The number of hydrogen-bond donors (Lipinski definition) is 3. The number of hydrogen-bond acceptors (Lipinski definition) is 7. The van der Waals surface area contributed by atoms with Crippen molar-refractivity contribution in [3.05, 3.63) is 73.0 Å². The van der Waals surface area contributed by atoms with Crippen molar-refractivity contribution >= 4 is 45.0 Å². The summed E-state index contributed by atoms with van der Waals surface area (Å²) >= 11 is 0. The number of sulfone groups is 1. The van der Waals surface area contributed by atoms with E-state index in [1.54, 1.807) is 25.4 Å². The van der Waals surface area contributed by atoms with Crippen LogP contribution < -0.4 is 15.5 Å². The minimum Gasteiger partial charge on any atom is -0.378 e. The van der Waals surface area contributed by atoms with Gasteiger partial charge < -0.3 is 25.3 Å². The second-order valence-electron chi connectivity index (χ2n) is 8.57. The predicted molar refractivity (Wildman–Crippen MR) is 152 cm³/mol. The predicted octanol–water partition coefficient (Wildman–Crippen LogP) is 4.23. The highest BCUT2D eigenvalue weighted by molar-refractivity contribution is 7.90. The molecule has 198 valence electrons. The number of ether oxygens (including phenoxy) is 1. The first-order valence-corrected chi connectivity index (χ1v) is 13.8. The minimum atomic E-state index is -3.31. The third-order valence-corrected chi connectivity index (χ3v) is 6.98. The number of rotatable bonds is 8. The molecule has 0 atom stereocenters. The number of aromatic amines is 1. The number of aliphatic imine (C=N–C) groups is 1. The number of nitrogens with zero attached hydrogens (tertiary/aromatic N) is 3. The largest absolute Gasteiger partial charge is 0.378 e. The number of amides is 2. The second-order valence-corrected chi connectivity index (χ2v) is 10.6. The lowest BCUT2D eigenvalue weighted by Crippen LogP contribution is -2.36. The molecule has 1 aromatic heterocycles. The highest BCUT2D eigenvalue weighted by Crippen LogP contribution is 2.32. The van der Waals surface area contributed by atoms with Crippen LogP contribution in [0, 0.1) is 0 Å². The van der Waals surface area contributed by atoms with Gasteiger partial charge in [-0.2, -0.15) is 0 Å². The van der Waals surface area contributed by atoms with E-state index in [2.05, 4.69) is 32.1 Å². The highest BCUT2D eigenvalue weighted by atomic mass is 32.2. The first kappa shape index (κ1) is 26.8. The summed E-state index contributed by atoms with van der Waals surface area (Å²) in [4.78, 5) is 27.3. The molecule has 0 aliphatic carbocycles.